The minimum absolute atomic E-state index is 0.0959. The van der Waals surface area contributed by atoms with E-state index in [1.165, 1.54) is 24.0 Å². The molecule has 1 heterocycles. The number of primary amides is 1. The highest BCUT2D eigenvalue weighted by Gasteiger charge is 2.37. The number of para-hydroxylation sites is 1. The quantitative estimate of drug-likeness (QED) is 0.892. The Bertz CT molecular complexity index is 882. The predicted octanol–water partition coefficient (Wildman–Crippen LogP) is 1.84. The normalized spacial score (nSPS) is 15.6. The molecule has 2 aromatic carbocycles. The average molecular weight is 341 g/mol. The van der Waals surface area contributed by atoms with Crippen molar-refractivity contribution in [2.75, 3.05) is 10.2 Å². The summed E-state index contributed by atoms with van der Waals surface area (Å²) in [6.45, 7) is 1.24. The monoisotopic (exact) mass is 341 g/mol. The summed E-state index contributed by atoms with van der Waals surface area (Å²) in [5.41, 5.74) is 6.94. The molecular weight excluding hydrogens is 325 g/mol. The third-order valence-corrected chi connectivity index (χ3v) is 4.05. The third kappa shape index (κ3) is 3.08. The van der Waals surface area contributed by atoms with Gasteiger partial charge >= 0.3 is 0 Å². The first-order chi connectivity index (χ1) is 11.9. The number of benzene rings is 2. The molecule has 0 fully saturated rings. The van der Waals surface area contributed by atoms with E-state index in [4.69, 9.17) is 5.73 Å². The first-order valence-corrected chi connectivity index (χ1v) is 7.66. The van der Waals surface area contributed by atoms with Crippen LogP contribution < -0.4 is 16.0 Å². The summed E-state index contributed by atoms with van der Waals surface area (Å²) in [5.74, 6) is -2.21. The van der Waals surface area contributed by atoms with Crippen LogP contribution in [0, 0.1) is 5.82 Å². The van der Waals surface area contributed by atoms with Crippen LogP contribution in [0.1, 0.15) is 22.8 Å². The Morgan fingerprint density at radius 2 is 1.92 bits per heavy atom. The number of carbonyl (C=O) groups is 3. The summed E-state index contributed by atoms with van der Waals surface area (Å²) in [6.07, 6.45) is 0.330. The summed E-state index contributed by atoms with van der Waals surface area (Å²) in [7, 11) is 0. The Morgan fingerprint density at radius 1 is 1.20 bits per heavy atom. The highest BCUT2D eigenvalue weighted by molar-refractivity contribution is 6.12. The van der Waals surface area contributed by atoms with Crippen LogP contribution in [0.2, 0.25) is 0 Å². The number of rotatable bonds is 3. The lowest BCUT2D eigenvalue weighted by Crippen LogP contribution is -2.46. The number of nitrogens with zero attached hydrogens (tertiary/aromatic N) is 1. The van der Waals surface area contributed by atoms with Crippen LogP contribution in [0.5, 0.6) is 0 Å². The van der Waals surface area contributed by atoms with Gasteiger partial charge in [-0.1, -0.05) is 18.2 Å². The SMILES string of the molecule is CC(=O)Nc1cc(C(=O)N2c3ccccc3C[C@H]2C(N)=O)ccc1F. The summed E-state index contributed by atoms with van der Waals surface area (Å²) >= 11 is 0. The van der Waals surface area contributed by atoms with Crippen LogP contribution in [0.25, 0.3) is 0 Å². The van der Waals surface area contributed by atoms with E-state index in [9.17, 15) is 18.8 Å². The smallest absolute Gasteiger partial charge is 0.259 e. The number of nitrogens with one attached hydrogen (secondary N) is 1. The van der Waals surface area contributed by atoms with Crippen molar-refractivity contribution in [1.82, 2.24) is 0 Å². The zero-order valence-electron chi connectivity index (χ0n) is 13.5. The maximum atomic E-state index is 13.8. The molecule has 0 aromatic heterocycles. The molecule has 0 saturated carbocycles. The van der Waals surface area contributed by atoms with Crippen LogP contribution in [0.3, 0.4) is 0 Å². The van der Waals surface area contributed by atoms with Crippen LogP contribution >= 0.6 is 0 Å². The molecule has 128 valence electrons. The van der Waals surface area contributed by atoms with Gasteiger partial charge in [0.25, 0.3) is 5.91 Å². The van der Waals surface area contributed by atoms with Crippen molar-refractivity contribution in [3.63, 3.8) is 0 Å². The summed E-state index contributed by atoms with van der Waals surface area (Å²) in [5, 5.41) is 2.34. The number of halogens is 1. The van der Waals surface area contributed by atoms with E-state index in [-0.39, 0.29) is 11.3 Å². The first-order valence-electron chi connectivity index (χ1n) is 7.66. The van der Waals surface area contributed by atoms with E-state index in [1.54, 1.807) is 12.1 Å². The van der Waals surface area contributed by atoms with Gasteiger partial charge < -0.3 is 11.1 Å². The summed E-state index contributed by atoms with van der Waals surface area (Å²) < 4.78 is 13.8. The van der Waals surface area contributed by atoms with Crippen LogP contribution in [-0.2, 0) is 16.0 Å². The minimum atomic E-state index is -0.806. The standard InChI is InChI=1S/C18H16FN3O3/c1-10(23)21-14-8-12(6-7-13(14)19)18(25)22-15-5-3-2-4-11(15)9-16(22)17(20)24/h2-8,16H,9H2,1H3,(H2,20,24)(H,21,23)/t16-/m0/s1. The van der Waals surface area contributed by atoms with Crippen molar-refractivity contribution in [1.29, 1.82) is 0 Å². The minimum Gasteiger partial charge on any atom is -0.368 e. The molecule has 6 nitrogen and oxygen atoms in total. The topological polar surface area (TPSA) is 92.5 Å². The molecule has 0 spiro atoms. The average Bonchev–Trinajstić information content (AvgIpc) is 2.95. The molecule has 3 N–H and O–H groups in total. The molecule has 7 heteroatoms. The lowest BCUT2D eigenvalue weighted by molar-refractivity contribution is -0.119. The van der Waals surface area contributed by atoms with E-state index in [2.05, 4.69) is 5.32 Å². The van der Waals surface area contributed by atoms with E-state index in [1.807, 2.05) is 12.1 Å². The molecule has 2 aromatic rings. The molecule has 1 aliphatic heterocycles. The molecule has 0 radical (unpaired) electrons. The van der Waals surface area contributed by atoms with Crippen molar-refractivity contribution in [2.45, 2.75) is 19.4 Å². The first kappa shape index (κ1) is 16.6. The summed E-state index contributed by atoms with van der Waals surface area (Å²) in [4.78, 5) is 37.2. The molecule has 25 heavy (non-hydrogen) atoms. The van der Waals surface area contributed by atoms with Gasteiger partial charge in [0, 0.05) is 24.6 Å². The Labute approximate surface area is 143 Å². The van der Waals surface area contributed by atoms with Crippen LogP contribution in [0.4, 0.5) is 15.8 Å². The Balaban J connectivity index is 2.02. The predicted molar refractivity (Wildman–Crippen MR) is 90.6 cm³/mol. The number of amides is 3. The zero-order chi connectivity index (χ0) is 18.1. The van der Waals surface area contributed by atoms with Gasteiger partial charge in [0.1, 0.15) is 11.9 Å². The Morgan fingerprint density at radius 3 is 2.60 bits per heavy atom. The molecule has 0 unspecified atom stereocenters. The second-order valence-electron chi connectivity index (χ2n) is 5.80. The largest absolute Gasteiger partial charge is 0.368 e. The molecular formula is C18H16FN3O3. The van der Waals surface area contributed by atoms with Gasteiger partial charge in [-0.2, -0.15) is 0 Å². The number of fused-ring (bicyclic) bond motifs is 1. The molecule has 3 amide bonds. The fraction of sp³-hybridized carbons (Fsp3) is 0.167. The highest BCUT2D eigenvalue weighted by Crippen LogP contribution is 2.33. The van der Waals surface area contributed by atoms with Crippen molar-refractivity contribution in [2.24, 2.45) is 5.73 Å². The number of carbonyl (C=O) groups excluding carboxylic acids is 3. The third-order valence-electron chi connectivity index (χ3n) is 4.05. The molecule has 1 aliphatic rings. The van der Waals surface area contributed by atoms with E-state index >= 15 is 0 Å². The van der Waals surface area contributed by atoms with Gasteiger partial charge in [-0.15, -0.1) is 0 Å². The van der Waals surface area contributed by atoms with Gasteiger partial charge in [-0.05, 0) is 29.8 Å². The second-order valence-corrected chi connectivity index (χ2v) is 5.80. The van der Waals surface area contributed by atoms with Gasteiger partial charge in [-0.25, -0.2) is 4.39 Å². The van der Waals surface area contributed by atoms with Crippen molar-refractivity contribution >= 4 is 29.1 Å². The van der Waals surface area contributed by atoms with Crippen molar-refractivity contribution < 1.29 is 18.8 Å². The lowest BCUT2D eigenvalue weighted by Gasteiger charge is -2.23. The maximum absolute atomic E-state index is 13.8. The maximum Gasteiger partial charge on any atom is 0.259 e. The Hall–Kier alpha value is -3.22. The van der Waals surface area contributed by atoms with Crippen LogP contribution in [-0.4, -0.2) is 23.8 Å². The van der Waals surface area contributed by atoms with Gasteiger partial charge in [0.15, 0.2) is 0 Å². The molecule has 0 saturated heterocycles. The highest BCUT2D eigenvalue weighted by atomic mass is 19.1. The van der Waals surface area contributed by atoms with E-state index in [0.29, 0.717) is 12.1 Å². The fourth-order valence-electron chi connectivity index (χ4n) is 2.95. The number of anilines is 2. The van der Waals surface area contributed by atoms with Gasteiger partial charge in [0.2, 0.25) is 11.8 Å². The molecule has 3 rings (SSSR count). The summed E-state index contributed by atoms with van der Waals surface area (Å²) in [6, 6.07) is 9.98. The molecule has 0 aliphatic carbocycles. The van der Waals surface area contributed by atoms with E-state index in [0.717, 1.165) is 11.6 Å². The lowest BCUT2D eigenvalue weighted by atomic mass is 10.1. The molecule has 0 bridgehead atoms. The number of hydrogen-bond acceptors (Lipinski definition) is 3. The van der Waals surface area contributed by atoms with Crippen molar-refractivity contribution in [3.8, 4) is 0 Å². The fourth-order valence-corrected chi connectivity index (χ4v) is 2.95. The van der Waals surface area contributed by atoms with E-state index < -0.39 is 29.6 Å². The zero-order valence-corrected chi connectivity index (χ0v) is 13.5. The van der Waals surface area contributed by atoms with Crippen molar-refractivity contribution in [3.05, 3.63) is 59.4 Å². The second kappa shape index (κ2) is 6.35. The van der Waals surface area contributed by atoms with Gasteiger partial charge in [0.05, 0.1) is 5.69 Å². The molecule has 1 atom stereocenters. The van der Waals surface area contributed by atoms with Gasteiger partial charge in [-0.3, -0.25) is 19.3 Å². The Kier molecular flexibility index (Phi) is 4.22. The number of nitrogens with two attached hydrogens (primary N) is 1. The number of hydrogen-bond donors (Lipinski definition) is 2. The van der Waals surface area contributed by atoms with Crippen LogP contribution in [0.15, 0.2) is 42.5 Å².